The number of methoxy groups -OCH3 is 1. The highest BCUT2D eigenvalue weighted by atomic mass is 32.2. The van der Waals surface area contributed by atoms with Gasteiger partial charge in [-0.1, -0.05) is 43.0 Å². The van der Waals surface area contributed by atoms with Gasteiger partial charge in [0.1, 0.15) is 11.5 Å². The maximum Gasteiger partial charge on any atom is 0.143 e. The van der Waals surface area contributed by atoms with Crippen LogP contribution in [0.1, 0.15) is 49.0 Å². The van der Waals surface area contributed by atoms with Gasteiger partial charge in [0.25, 0.3) is 0 Å². The van der Waals surface area contributed by atoms with Gasteiger partial charge in [-0.15, -0.1) is 0 Å². The number of allylic oxidation sites excluding steroid dienone is 1. The first-order valence-corrected chi connectivity index (χ1v) is 14.7. The Hall–Kier alpha value is -4.30. The quantitative estimate of drug-likeness (QED) is 0.187. The minimum Gasteiger partial charge on any atom is -0.495 e. The molecule has 1 aromatic heterocycles. The van der Waals surface area contributed by atoms with Crippen LogP contribution in [0, 0.1) is 6.92 Å². The third-order valence-electron chi connectivity index (χ3n) is 7.44. The second-order valence-electron chi connectivity index (χ2n) is 10.4. The number of halogens is 1. The van der Waals surface area contributed by atoms with Crippen LogP contribution in [-0.2, 0) is 4.79 Å². The average Bonchev–Trinajstić information content (AvgIpc) is 3.44. The Balaban J connectivity index is 1.53. The Morgan fingerprint density at radius 1 is 1.17 bits per heavy atom. The third-order valence-corrected chi connectivity index (χ3v) is 7.89. The molecule has 0 amide bonds. The number of ether oxygens (including phenoxy) is 1. The summed E-state index contributed by atoms with van der Waals surface area (Å²) in [6.07, 6.45) is 8.00. The SMILES string of the molecule is C=C1/C(=C/c2ccc(-n3cnc(C)c3)c(OC)c2)CCCN1N(c1ccc(SF)cc1)C(CC(C)=O)c1ccccc1. The molecule has 1 aliphatic rings. The van der Waals surface area contributed by atoms with Crippen molar-refractivity contribution in [3.05, 3.63) is 120 Å². The largest absolute Gasteiger partial charge is 0.495 e. The van der Waals surface area contributed by atoms with E-state index in [2.05, 4.69) is 33.7 Å². The van der Waals surface area contributed by atoms with Gasteiger partial charge in [0.2, 0.25) is 0 Å². The maximum atomic E-state index is 13.3. The zero-order valence-electron chi connectivity index (χ0n) is 24.2. The van der Waals surface area contributed by atoms with Gasteiger partial charge in [-0.3, -0.25) is 14.8 Å². The van der Waals surface area contributed by atoms with Gasteiger partial charge in [0.05, 0.1) is 54.4 Å². The number of Topliss-reactive ketones (excluding diaryl/α,β-unsaturated/α-hetero) is 1. The molecular formula is C34H35FN4O2S. The fraction of sp³-hybridized carbons (Fsp3) is 0.235. The molecule has 42 heavy (non-hydrogen) atoms. The van der Waals surface area contributed by atoms with Crippen molar-refractivity contribution in [3.8, 4) is 11.4 Å². The first-order chi connectivity index (χ1) is 20.4. The maximum absolute atomic E-state index is 13.3. The summed E-state index contributed by atoms with van der Waals surface area (Å²) in [5.41, 5.74) is 6.71. The number of hydrogen-bond donors (Lipinski definition) is 0. The Morgan fingerprint density at radius 2 is 1.93 bits per heavy atom. The Morgan fingerprint density at radius 3 is 2.57 bits per heavy atom. The third kappa shape index (κ3) is 6.44. The van der Waals surface area contributed by atoms with Crippen molar-refractivity contribution in [3.63, 3.8) is 0 Å². The van der Waals surface area contributed by atoms with Gasteiger partial charge in [0, 0.05) is 24.1 Å². The van der Waals surface area contributed by atoms with Gasteiger partial charge >= 0.3 is 0 Å². The highest BCUT2D eigenvalue weighted by Crippen LogP contribution is 2.39. The average molecular weight is 583 g/mol. The number of rotatable bonds is 10. The first kappa shape index (κ1) is 29.2. The van der Waals surface area contributed by atoms with E-state index in [9.17, 15) is 8.68 Å². The van der Waals surface area contributed by atoms with E-state index in [1.807, 2.05) is 72.3 Å². The molecule has 4 aromatic rings. The van der Waals surface area contributed by atoms with E-state index in [0.717, 1.165) is 64.6 Å². The molecular weight excluding hydrogens is 547 g/mol. The van der Waals surface area contributed by atoms with Crippen molar-refractivity contribution in [1.29, 1.82) is 0 Å². The lowest BCUT2D eigenvalue weighted by Gasteiger charge is -2.46. The molecule has 0 bridgehead atoms. The lowest BCUT2D eigenvalue weighted by molar-refractivity contribution is -0.117. The summed E-state index contributed by atoms with van der Waals surface area (Å²) in [5, 5.41) is 4.33. The molecule has 0 N–H and O–H groups in total. The number of ketones is 1. The summed E-state index contributed by atoms with van der Waals surface area (Å²) < 4.78 is 21.0. The predicted octanol–water partition coefficient (Wildman–Crippen LogP) is 8.30. The molecule has 216 valence electrons. The standard InChI is InChI=1S/C34H35FN4O2S/c1-24-22-37(23-36-24)32-17-12-27(21-34(32)41-4)20-29-11-8-18-38(26(29)3)39(30-13-15-31(42-35)16-14-30)33(19-25(2)40)28-9-6-5-7-10-28/h5-7,9-10,12-17,20-23,33H,3,8,11,18-19H2,1-2,4H3/b29-20+. The number of carbonyl (C=O) groups is 1. The van der Waals surface area contributed by atoms with Crippen LogP contribution in [0.5, 0.6) is 5.75 Å². The van der Waals surface area contributed by atoms with Gasteiger partial charge in [0.15, 0.2) is 0 Å². The number of nitrogens with zero attached hydrogens (tertiary/aromatic N) is 4. The molecule has 1 saturated heterocycles. The summed E-state index contributed by atoms with van der Waals surface area (Å²) in [4.78, 5) is 17.4. The van der Waals surface area contributed by atoms with Crippen LogP contribution in [-0.4, -0.2) is 34.0 Å². The molecule has 2 heterocycles. The molecule has 0 radical (unpaired) electrons. The van der Waals surface area contributed by atoms with Gasteiger partial charge < -0.3 is 9.30 Å². The van der Waals surface area contributed by atoms with Gasteiger partial charge in [-0.2, -0.15) is 3.89 Å². The van der Waals surface area contributed by atoms with Crippen LogP contribution >= 0.6 is 12.1 Å². The molecule has 1 aliphatic heterocycles. The second-order valence-corrected chi connectivity index (χ2v) is 11.1. The molecule has 1 unspecified atom stereocenters. The number of carbonyl (C=O) groups excluding carboxylic acids is 1. The van der Waals surface area contributed by atoms with Gasteiger partial charge in [-0.05, 0) is 85.9 Å². The summed E-state index contributed by atoms with van der Waals surface area (Å²) in [6.45, 7) is 8.86. The van der Waals surface area contributed by atoms with E-state index in [4.69, 9.17) is 4.74 Å². The summed E-state index contributed by atoms with van der Waals surface area (Å²) in [5.74, 6) is 0.835. The summed E-state index contributed by atoms with van der Waals surface area (Å²) >= 11 is 0.218. The number of hydrazine groups is 1. The Labute approximate surface area is 251 Å². The Kier molecular flexibility index (Phi) is 9.12. The molecule has 0 saturated carbocycles. The van der Waals surface area contributed by atoms with Crippen LogP contribution in [0.4, 0.5) is 9.57 Å². The molecule has 1 atom stereocenters. The number of hydrogen-bond acceptors (Lipinski definition) is 6. The Bertz CT molecular complexity index is 1580. The van der Waals surface area contributed by atoms with Crippen molar-refractivity contribution in [2.24, 2.45) is 0 Å². The minimum atomic E-state index is -0.262. The van der Waals surface area contributed by atoms with Crippen LogP contribution < -0.4 is 9.75 Å². The van der Waals surface area contributed by atoms with E-state index in [-0.39, 0.29) is 24.0 Å². The lowest BCUT2D eigenvalue weighted by atomic mass is 9.97. The topological polar surface area (TPSA) is 50.6 Å². The van der Waals surface area contributed by atoms with Crippen LogP contribution in [0.25, 0.3) is 11.8 Å². The highest BCUT2D eigenvalue weighted by Gasteiger charge is 2.31. The van der Waals surface area contributed by atoms with E-state index in [1.54, 1.807) is 32.5 Å². The molecule has 3 aromatic carbocycles. The van der Waals surface area contributed by atoms with E-state index < -0.39 is 0 Å². The fourth-order valence-electron chi connectivity index (χ4n) is 5.44. The zero-order chi connectivity index (χ0) is 29.6. The summed E-state index contributed by atoms with van der Waals surface area (Å²) in [6, 6.07) is 23.3. The number of aryl methyl sites for hydroxylation is 1. The van der Waals surface area contributed by atoms with Crippen molar-refractivity contribution in [2.45, 2.75) is 44.0 Å². The molecule has 6 nitrogen and oxygen atoms in total. The van der Waals surface area contributed by atoms with E-state index >= 15 is 0 Å². The predicted molar refractivity (Wildman–Crippen MR) is 168 cm³/mol. The number of aromatic nitrogens is 2. The minimum absolute atomic E-state index is 0.0865. The zero-order valence-corrected chi connectivity index (χ0v) is 25.0. The van der Waals surface area contributed by atoms with E-state index in [1.165, 1.54) is 0 Å². The normalized spacial score (nSPS) is 15.1. The second kappa shape index (κ2) is 13.1. The molecule has 5 rings (SSSR count). The number of anilines is 1. The number of piperidine rings is 1. The molecule has 0 spiro atoms. The van der Waals surface area contributed by atoms with Crippen molar-refractivity contribution >= 4 is 29.7 Å². The van der Waals surface area contributed by atoms with Crippen LogP contribution in [0.2, 0.25) is 0 Å². The van der Waals surface area contributed by atoms with Crippen LogP contribution in [0.15, 0.2) is 108 Å². The molecule has 1 fully saturated rings. The monoisotopic (exact) mass is 582 g/mol. The molecule has 0 aliphatic carbocycles. The van der Waals surface area contributed by atoms with Crippen molar-refractivity contribution in [2.75, 3.05) is 18.7 Å². The summed E-state index contributed by atoms with van der Waals surface area (Å²) in [7, 11) is 1.67. The number of benzene rings is 3. The van der Waals surface area contributed by atoms with Crippen molar-refractivity contribution in [1.82, 2.24) is 14.6 Å². The van der Waals surface area contributed by atoms with Crippen LogP contribution in [0.3, 0.4) is 0 Å². The first-order valence-electron chi connectivity index (χ1n) is 14.0. The number of imidazole rings is 1. The van der Waals surface area contributed by atoms with E-state index in [0.29, 0.717) is 11.3 Å². The lowest BCUT2D eigenvalue weighted by Crippen LogP contribution is -2.47. The smallest absolute Gasteiger partial charge is 0.143 e. The fourth-order valence-corrected chi connectivity index (χ4v) is 5.68. The van der Waals surface area contributed by atoms with Gasteiger partial charge in [-0.25, -0.2) is 4.98 Å². The highest BCUT2D eigenvalue weighted by molar-refractivity contribution is 7.94. The molecule has 8 heteroatoms. The van der Waals surface area contributed by atoms with Crippen molar-refractivity contribution < 1.29 is 13.4 Å².